The third-order valence-electron chi connectivity index (χ3n) is 11.8. The number of halogens is 1. The van der Waals surface area contributed by atoms with Gasteiger partial charge in [0.1, 0.15) is 0 Å². The molecule has 2 heterocycles. The number of nitrogens with zero attached hydrogens (tertiary/aromatic N) is 2. The summed E-state index contributed by atoms with van der Waals surface area (Å²) in [5.41, 5.74) is 8.69. The third-order valence-corrected chi connectivity index (χ3v) is 14.8. The first-order valence-electron chi connectivity index (χ1n) is 18.3. The van der Waals surface area contributed by atoms with Crippen LogP contribution in [0.5, 0.6) is 0 Å². The molecule has 5 rings (SSSR count). The molecular formula is C34H61ClN6O4Si. The largest absolute Gasteiger partial charge is 0.432 e. The summed E-state index contributed by atoms with van der Waals surface area (Å²) in [6, 6.07) is 0.211. The van der Waals surface area contributed by atoms with E-state index in [0.29, 0.717) is 42.9 Å². The topological polar surface area (TPSA) is 127 Å². The van der Waals surface area contributed by atoms with Crippen molar-refractivity contribution in [3.63, 3.8) is 0 Å². The molecule has 5 unspecified atom stereocenters. The maximum absolute atomic E-state index is 13.3. The van der Waals surface area contributed by atoms with E-state index >= 15 is 0 Å². The highest BCUT2D eigenvalue weighted by atomic mass is 35.5. The highest BCUT2D eigenvalue weighted by Crippen LogP contribution is 2.42. The van der Waals surface area contributed by atoms with Crippen LogP contribution in [-0.2, 0) is 14.3 Å². The van der Waals surface area contributed by atoms with Gasteiger partial charge < -0.3 is 20.2 Å². The Bertz CT molecular complexity index is 1050. The summed E-state index contributed by atoms with van der Waals surface area (Å²) in [4.78, 5) is 44.4. The van der Waals surface area contributed by atoms with Crippen molar-refractivity contribution >= 4 is 37.4 Å². The number of alkyl halides is 1. The molecule has 2 aliphatic heterocycles. The molecule has 46 heavy (non-hydrogen) atoms. The average Bonchev–Trinajstić information content (AvgIpc) is 3.36. The molecule has 10 nitrogen and oxygen atoms in total. The molecule has 2 amide bonds. The molecule has 4 fully saturated rings. The minimum Gasteiger partial charge on any atom is -0.432 e. The Labute approximate surface area is 283 Å². The number of hydrogen-bond donors (Lipinski definition) is 5. The van der Waals surface area contributed by atoms with Crippen molar-refractivity contribution in [2.24, 2.45) is 22.7 Å². The molecule has 12 heteroatoms. The first-order chi connectivity index (χ1) is 22.0. The lowest BCUT2D eigenvalue weighted by atomic mass is 9.72. The van der Waals surface area contributed by atoms with Crippen LogP contribution in [0.3, 0.4) is 0 Å². The van der Waals surface area contributed by atoms with Gasteiger partial charge in [0.25, 0.3) is 0 Å². The Morgan fingerprint density at radius 1 is 0.978 bits per heavy atom. The standard InChI is InChI=1S/C34H61ClN6O4Si/c1-22-39-40-33-29(38-32(23-8-12-25(35)13-9-23)28-20-26(45-2)14-17-30(28)41(22)33)21-31(42)36-18-6-5-7-19-37-34(43)24-10-15-27(16-11-24)46(3,4)44/h22-30,33,39-40,44H,5-21H2,1-4H3,(H,36,42)(H,37,43)/t22?,23?,24?,25?,26?,27?,28?,29-,30?,33?/m0/s1. The van der Waals surface area contributed by atoms with Crippen molar-refractivity contribution in [1.82, 2.24) is 26.4 Å². The van der Waals surface area contributed by atoms with Gasteiger partial charge in [-0.25, -0.2) is 10.9 Å². The number of nitrogens with one attached hydrogen (secondary N) is 4. The summed E-state index contributed by atoms with van der Waals surface area (Å²) in [6.07, 6.45) is 14.5. The van der Waals surface area contributed by atoms with Crippen molar-refractivity contribution in [2.75, 3.05) is 20.2 Å². The van der Waals surface area contributed by atoms with E-state index in [2.05, 4.69) is 33.3 Å². The molecule has 262 valence electrons. The molecule has 3 aliphatic carbocycles. The SMILES string of the molecule is COC1CCC2C(C1)C(C1CCC(Cl)CC1)=N[C@@H](CC(=O)NCCCCCNC(=O)C1CCC([Si](C)(C)O)CC1)C1NNC(C)N21. The Morgan fingerprint density at radius 2 is 1.67 bits per heavy atom. The fourth-order valence-electron chi connectivity index (χ4n) is 9.00. The fourth-order valence-corrected chi connectivity index (χ4v) is 11.0. The Balaban J connectivity index is 1.10. The lowest BCUT2D eigenvalue weighted by molar-refractivity contribution is -0.126. The van der Waals surface area contributed by atoms with Gasteiger partial charge in [0.2, 0.25) is 11.8 Å². The molecule has 0 aromatic rings. The molecule has 5 aliphatic rings. The zero-order chi connectivity index (χ0) is 32.8. The van der Waals surface area contributed by atoms with Gasteiger partial charge in [-0.3, -0.25) is 19.5 Å². The molecule has 1 saturated heterocycles. The van der Waals surface area contributed by atoms with Gasteiger partial charge in [-0.1, -0.05) is 0 Å². The van der Waals surface area contributed by atoms with Crippen LogP contribution in [0.25, 0.3) is 0 Å². The van der Waals surface area contributed by atoms with Crippen molar-refractivity contribution in [1.29, 1.82) is 0 Å². The molecule has 0 aromatic carbocycles. The number of amides is 2. The summed E-state index contributed by atoms with van der Waals surface area (Å²) in [6.45, 7) is 7.55. The van der Waals surface area contributed by atoms with Gasteiger partial charge >= 0.3 is 0 Å². The van der Waals surface area contributed by atoms with E-state index in [1.165, 1.54) is 5.71 Å². The predicted octanol–water partition coefficient (Wildman–Crippen LogP) is 4.42. The summed E-state index contributed by atoms with van der Waals surface area (Å²) in [5.74, 6) is 1.07. The van der Waals surface area contributed by atoms with Crippen LogP contribution in [0.4, 0.5) is 0 Å². The molecule has 0 bridgehead atoms. The van der Waals surface area contributed by atoms with Crippen molar-refractivity contribution in [3.8, 4) is 0 Å². The normalized spacial score (nSPS) is 37.0. The van der Waals surface area contributed by atoms with Crippen molar-refractivity contribution in [3.05, 3.63) is 0 Å². The second-order valence-corrected chi connectivity index (χ2v) is 20.1. The molecule has 5 N–H and O–H groups in total. The smallest absolute Gasteiger partial charge is 0.223 e. The van der Waals surface area contributed by atoms with E-state index in [1.807, 2.05) is 20.2 Å². The second-order valence-electron chi connectivity index (χ2n) is 15.4. The number of rotatable bonds is 12. The van der Waals surface area contributed by atoms with Crippen LogP contribution in [-0.4, -0.2) is 91.6 Å². The van der Waals surface area contributed by atoms with Crippen LogP contribution in [0.2, 0.25) is 18.6 Å². The zero-order valence-electron chi connectivity index (χ0n) is 28.7. The number of hydrazine groups is 1. The minimum absolute atomic E-state index is 0.0231. The number of aliphatic imine (C=N–C) groups is 1. The quantitative estimate of drug-likeness (QED) is 0.117. The Hall–Kier alpha value is -1.08. The number of ether oxygens (including phenoxy) is 1. The Kier molecular flexibility index (Phi) is 13.0. The monoisotopic (exact) mass is 680 g/mol. The summed E-state index contributed by atoms with van der Waals surface area (Å²) in [5, 5.41) is 6.56. The number of fused-ring (bicyclic) bond motifs is 3. The molecular weight excluding hydrogens is 620 g/mol. The highest BCUT2D eigenvalue weighted by Gasteiger charge is 2.50. The fraction of sp³-hybridized carbons (Fsp3) is 0.912. The lowest BCUT2D eigenvalue weighted by Gasteiger charge is -2.44. The van der Waals surface area contributed by atoms with E-state index in [9.17, 15) is 14.4 Å². The van der Waals surface area contributed by atoms with Crippen LogP contribution in [0.15, 0.2) is 4.99 Å². The summed E-state index contributed by atoms with van der Waals surface area (Å²) < 4.78 is 5.88. The Morgan fingerprint density at radius 3 is 2.35 bits per heavy atom. The number of carbonyl (C=O) groups is 2. The molecule has 3 saturated carbocycles. The van der Waals surface area contributed by atoms with Gasteiger partial charge in [0.15, 0.2) is 8.32 Å². The summed E-state index contributed by atoms with van der Waals surface area (Å²) >= 11 is 6.52. The average molecular weight is 681 g/mol. The highest BCUT2D eigenvalue weighted by molar-refractivity contribution is 6.71. The maximum atomic E-state index is 13.3. The van der Waals surface area contributed by atoms with Crippen LogP contribution in [0, 0.1) is 17.8 Å². The third kappa shape index (κ3) is 9.12. The first-order valence-corrected chi connectivity index (χ1v) is 21.8. The number of carbonyl (C=O) groups excluding carboxylic acids is 2. The van der Waals surface area contributed by atoms with Crippen LogP contribution in [0.1, 0.15) is 103 Å². The van der Waals surface area contributed by atoms with Gasteiger partial charge in [-0.2, -0.15) is 0 Å². The van der Waals surface area contributed by atoms with Gasteiger partial charge in [-0.15, -0.1) is 11.6 Å². The lowest BCUT2D eigenvalue weighted by Crippen LogP contribution is -2.55. The van der Waals surface area contributed by atoms with Crippen molar-refractivity contribution < 1.29 is 19.1 Å². The number of hydrogen-bond acceptors (Lipinski definition) is 8. The van der Waals surface area contributed by atoms with Crippen LogP contribution < -0.4 is 21.5 Å². The molecule has 0 aromatic heterocycles. The van der Waals surface area contributed by atoms with Gasteiger partial charge in [-0.05, 0) is 121 Å². The maximum Gasteiger partial charge on any atom is 0.223 e. The van der Waals surface area contributed by atoms with Crippen LogP contribution >= 0.6 is 11.6 Å². The van der Waals surface area contributed by atoms with Gasteiger partial charge in [0.05, 0.1) is 30.9 Å². The van der Waals surface area contributed by atoms with E-state index in [0.717, 1.165) is 89.9 Å². The predicted molar refractivity (Wildman–Crippen MR) is 186 cm³/mol. The van der Waals surface area contributed by atoms with E-state index in [1.54, 1.807) is 0 Å². The first kappa shape index (κ1) is 36.2. The van der Waals surface area contributed by atoms with E-state index in [-0.39, 0.29) is 47.6 Å². The second kappa shape index (κ2) is 16.5. The number of unbranched alkanes of at least 4 members (excludes halogenated alkanes) is 2. The van der Waals surface area contributed by atoms with Crippen molar-refractivity contribution in [2.45, 2.75) is 158 Å². The molecule has 0 radical (unpaired) electrons. The molecule has 0 spiro atoms. The minimum atomic E-state index is -2.10. The zero-order valence-corrected chi connectivity index (χ0v) is 30.5. The summed E-state index contributed by atoms with van der Waals surface area (Å²) in [7, 11) is -0.273. The molecule has 6 atom stereocenters. The number of methoxy groups -OCH3 is 1. The van der Waals surface area contributed by atoms with Gasteiger partial charge in [0, 0.05) is 49.2 Å². The van der Waals surface area contributed by atoms with E-state index < -0.39 is 8.32 Å². The van der Waals surface area contributed by atoms with E-state index in [4.69, 9.17) is 21.3 Å².